The van der Waals surface area contributed by atoms with E-state index in [1.165, 1.54) is 0 Å². The number of aromatic nitrogens is 1. The molecule has 0 saturated carbocycles. The Morgan fingerprint density at radius 3 is 2.83 bits per heavy atom. The molecule has 1 aromatic heterocycles. The van der Waals surface area contributed by atoms with Gasteiger partial charge >= 0.3 is 0 Å². The van der Waals surface area contributed by atoms with Crippen molar-refractivity contribution in [3.8, 4) is 23.0 Å². The van der Waals surface area contributed by atoms with Gasteiger partial charge in [0.1, 0.15) is 5.75 Å². The standard InChI is InChI=1S/C12H10N2O3.ClH/c13-9-6-14-4-3-10(9)17-8-1-2-11-12(5-8)16-7-15-11;/h1-6H,7,13H2;1H. The van der Waals surface area contributed by atoms with Gasteiger partial charge in [-0.15, -0.1) is 12.4 Å². The first kappa shape index (κ1) is 12.3. The molecule has 0 unspecified atom stereocenters. The minimum absolute atomic E-state index is 0. The van der Waals surface area contributed by atoms with E-state index >= 15 is 0 Å². The number of anilines is 1. The van der Waals surface area contributed by atoms with Crippen LogP contribution in [0, 0.1) is 0 Å². The third-order valence-corrected chi connectivity index (χ3v) is 2.38. The number of hydrogen-bond acceptors (Lipinski definition) is 5. The number of pyridine rings is 1. The van der Waals surface area contributed by atoms with Gasteiger partial charge in [-0.3, -0.25) is 4.98 Å². The summed E-state index contributed by atoms with van der Waals surface area (Å²) in [5, 5.41) is 0. The lowest BCUT2D eigenvalue weighted by molar-refractivity contribution is 0.174. The Labute approximate surface area is 110 Å². The average molecular weight is 267 g/mol. The lowest BCUT2D eigenvalue weighted by Gasteiger charge is -2.07. The molecular weight excluding hydrogens is 256 g/mol. The van der Waals surface area contributed by atoms with Crippen molar-refractivity contribution in [3.05, 3.63) is 36.7 Å². The van der Waals surface area contributed by atoms with Gasteiger partial charge in [-0.2, -0.15) is 0 Å². The van der Waals surface area contributed by atoms with Crippen molar-refractivity contribution in [1.82, 2.24) is 4.98 Å². The molecule has 5 nitrogen and oxygen atoms in total. The minimum atomic E-state index is 0. The van der Waals surface area contributed by atoms with E-state index in [1.54, 1.807) is 36.7 Å². The highest BCUT2D eigenvalue weighted by Gasteiger charge is 2.14. The average Bonchev–Trinajstić information content (AvgIpc) is 2.79. The fourth-order valence-electron chi connectivity index (χ4n) is 1.55. The number of benzene rings is 1. The highest BCUT2D eigenvalue weighted by molar-refractivity contribution is 5.85. The number of nitrogens with two attached hydrogens (primary N) is 1. The van der Waals surface area contributed by atoms with Crippen molar-refractivity contribution in [2.24, 2.45) is 0 Å². The predicted molar refractivity (Wildman–Crippen MR) is 68.5 cm³/mol. The van der Waals surface area contributed by atoms with Crippen LogP contribution in [0.15, 0.2) is 36.7 Å². The SMILES string of the molecule is Cl.Nc1cnccc1Oc1ccc2c(c1)OCO2. The van der Waals surface area contributed by atoms with E-state index in [9.17, 15) is 0 Å². The highest BCUT2D eigenvalue weighted by atomic mass is 35.5. The molecule has 94 valence electrons. The second kappa shape index (κ2) is 5.01. The van der Waals surface area contributed by atoms with Crippen LogP contribution in [-0.4, -0.2) is 11.8 Å². The maximum absolute atomic E-state index is 5.74. The summed E-state index contributed by atoms with van der Waals surface area (Å²) in [7, 11) is 0. The van der Waals surface area contributed by atoms with Crippen LogP contribution in [0.3, 0.4) is 0 Å². The quantitative estimate of drug-likeness (QED) is 0.905. The molecule has 0 fully saturated rings. The maximum Gasteiger partial charge on any atom is 0.231 e. The van der Waals surface area contributed by atoms with Gasteiger partial charge in [-0.05, 0) is 12.1 Å². The summed E-state index contributed by atoms with van der Waals surface area (Å²) in [4.78, 5) is 3.89. The van der Waals surface area contributed by atoms with Gasteiger partial charge in [0.25, 0.3) is 0 Å². The summed E-state index contributed by atoms with van der Waals surface area (Å²) < 4.78 is 16.1. The molecule has 2 heterocycles. The number of rotatable bonds is 2. The van der Waals surface area contributed by atoms with E-state index in [0.29, 0.717) is 22.9 Å². The molecule has 1 aliphatic rings. The van der Waals surface area contributed by atoms with E-state index in [2.05, 4.69) is 4.98 Å². The van der Waals surface area contributed by atoms with Gasteiger partial charge < -0.3 is 19.9 Å². The van der Waals surface area contributed by atoms with Gasteiger partial charge in [0, 0.05) is 18.3 Å². The molecule has 0 saturated heterocycles. The summed E-state index contributed by atoms with van der Waals surface area (Å²) >= 11 is 0. The van der Waals surface area contributed by atoms with Crippen LogP contribution < -0.4 is 19.9 Å². The lowest BCUT2D eigenvalue weighted by Crippen LogP contribution is -1.93. The van der Waals surface area contributed by atoms with Crippen LogP contribution in [0.1, 0.15) is 0 Å². The molecule has 0 spiro atoms. The van der Waals surface area contributed by atoms with E-state index < -0.39 is 0 Å². The molecule has 0 atom stereocenters. The van der Waals surface area contributed by atoms with Crippen molar-refractivity contribution in [1.29, 1.82) is 0 Å². The third-order valence-electron chi connectivity index (χ3n) is 2.38. The molecule has 0 bridgehead atoms. The second-order valence-electron chi connectivity index (χ2n) is 3.53. The Bertz CT molecular complexity index is 563. The Balaban J connectivity index is 0.00000120. The fourth-order valence-corrected chi connectivity index (χ4v) is 1.55. The fraction of sp³-hybridized carbons (Fsp3) is 0.0833. The van der Waals surface area contributed by atoms with E-state index in [1.807, 2.05) is 0 Å². The Kier molecular flexibility index (Phi) is 3.43. The molecule has 0 amide bonds. The molecule has 0 aliphatic carbocycles. The number of hydrogen-bond donors (Lipinski definition) is 1. The summed E-state index contributed by atoms with van der Waals surface area (Å²) in [6, 6.07) is 7.07. The normalized spacial score (nSPS) is 11.8. The summed E-state index contributed by atoms with van der Waals surface area (Å²) in [5.74, 6) is 2.61. The van der Waals surface area contributed by atoms with Crippen molar-refractivity contribution in [2.45, 2.75) is 0 Å². The van der Waals surface area contributed by atoms with Crippen molar-refractivity contribution >= 4 is 18.1 Å². The van der Waals surface area contributed by atoms with Crippen LogP contribution in [0.2, 0.25) is 0 Å². The number of halogens is 1. The first-order chi connectivity index (χ1) is 8.33. The largest absolute Gasteiger partial charge is 0.455 e. The molecule has 0 radical (unpaired) electrons. The van der Waals surface area contributed by atoms with Gasteiger partial charge in [-0.25, -0.2) is 0 Å². The van der Waals surface area contributed by atoms with Crippen LogP contribution in [0.5, 0.6) is 23.0 Å². The second-order valence-corrected chi connectivity index (χ2v) is 3.53. The van der Waals surface area contributed by atoms with E-state index in [0.717, 1.165) is 5.75 Å². The zero-order valence-corrected chi connectivity index (χ0v) is 10.1. The van der Waals surface area contributed by atoms with Crippen LogP contribution >= 0.6 is 12.4 Å². The molecule has 1 aromatic carbocycles. The monoisotopic (exact) mass is 266 g/mol. The highest BCUT2D eigenvalue weighted by Crippen LogP contribution is 2.37. The molecule has 6 heteroatoms. The predicted octanol–water partition coefficient (Wildman–Crippen LogP) is 2.61. The zero-order chi connectivity index (χ0) is 11.7. The maximum atomic E-state index is 5.74. The van der Waals surface area contributed by atoms with Crippen molar-refractivity contribution in [2.75, 3.05) is 12.5 Å². The first-order valence-corrected chi connectivity index (χ1v) is 5.10. The van der Waals surface area contributed by atoms with Gasteiger partial charge in [0.2, 0.25) is 6.79 Å². The van der Waals surface area contributed by atoms with Gasteiger partial charge in [0.05, 0.1) is 11.9 Å². The number of ether oxygens (including phenoxy) is 3. The zero-order valence-electron chi connectivity index (χ0n) is 9.33. The molecule has 3 rings (SSSR count). The van der Waals surface area contributed by atoms with Crippen molar-refractivity contribution in [3.63, 3.8) is 0 Å². The van der Waals surface area contributed by atoms with Crippen LogP contribution in [0.25, 0.3) is 0 Å². The number of nitrogens with zero attached hydrogens (tertiary/aromatic N) is 1. The summed E-state index contributed by atoms with van der Waals surface area (Å²) in [6.45, 7) is 0.246. The number of fused-ring (bicyclic) bond motifs is 1. The van der Waals surface area contributed by atoms with Crippen LogP contribution in [-0.2, 0) is 0 Å². The third kappa shape index (κ3) is 2.26. The van der Waals surface area contributed by atoms with E-state index in [4.69, 9.17) is 19.9 Å². The first-order valence-electron chi connectivity index (χ1n) is 5.10. The molecule has 18 heavy (non-hydrogen) atoms. The summed E-state index contributed by atoms with van der Waals surface area (Å²) in [5.41, 5.74) is 6.23. The summed E-state index contributed by atoms with van der Waals surface area (Å²) in [6.07, 6.45) is 3.17. The Morgan fingerprint density at radius 1 is 1.17 bits per heavy atom. The lowest BCUT2D eigenvalue weighted by atomic mass is 10.3. The Morgan fingerprint density at radius 2 is 2.00 bits per heavy atom. The van der Waals surface area contributed by atoms with E-state index in [-0.39, 0.29) is 19.2 Å². The molecule has 2 aromatic rings. The van der Waals surface area contributed by atoms with Crippen LogP contribution in [0.4, 0.5) is 5.69 Å². The minimum Gasteiger partial charge on any atom is -0.455 e. The molecule has 2 N–H and O–H groups in total. The van der Waals surface area contributed by atoms with Gasteiger partial charge in [-0.1, -0.05) is 0 Å². The smallest absolute Gasteiger partial charge is 0.231 e. The van der Waals surface area contributed by atoms with Gasteiger partial charge in [0.15, 0.2) is 17.2 Å². The number of nitrogen functional groups attached to an aromatic ring is 1. The Hall–Kier alpha value is -2.14. The topological polar surface area (TPSA) is 66.6 Å². The van der Waals surface area contributed by atoms with Crippen molar-refractivity contribution < 1.29 is 14.2 Å². The molecular formula is C12H11ClN2O3. The molecule has 1 aliphatic heterocycles.